The Labute approximate surface area is 321 Å². The van der Waals surface area contributed by atoms with Gasteiger partial charge in [0.1, 0.15) is 11.5 Å². The maximum atomic E-state index is 13.9. The minimum Gasteiger partial charge on any atom is -0.456 e. The van der Waals surface area contributed by atoms with Crippen molar-refractivity contribution >= 4 is 54.6 Å². The van der Waals surface area contributed by atoms with Gasteiger partial charge in [0.05, 0.1) is 0 Å². The van der Waals surface area contributed by atoms with Gasteiger partial charge in [-0.05, 0) is 105 Å². The van der Waals surface area contributed by atoms with Crippen molar-refractivity contribution in [2.24, 2.45) is 21.7 Å². The van der Waals surface area contributed by atoms with Crippen molar-refractivity contribution < 1.29 is 14.0 Å². The van der Waals surface area contributed by atoms with Gasteiger partial charge in [0.15, 0.2) is 11.6 Å². The van der Waals surface area contributed by atoms with Gasteiger partial charge >= 0.3 is 0 Å². The maximum Gasteiger partial charge on any atom is 0.186 e. The highest BCUT2D eigenvalue weighted by Gasteiger charge is 2.37. The van der Waals surface area contributed by atoms with Crippen molar-refractivity contribution in [1.82, 2.24) is 0 Å². The van der Waals surface area contributed by atoms with Gasteiger partial charge in [0, 0.05) is 42.4 Å². The van der Waals surface area contributed by atoms with Crippen LogP contribution in [0, 0.1) is 21.7 Å². The zero-order valence-electron chi connectivity index (χ0n) is 32.1. The zero-order valence-corrected chi connectivity index (χ0v) is 35.2. The van der Waals surface area contributed by atoms with E-state index in [4.69, 9.17) is 4.42 Å². The third kappa shape index (κ3) is 8.26. The van der Waals surface area contributed by atoms with E-state index < -0.39 is 0 Å². The molecule has 0 fully saturated rings. The molecule has 2 aromatic carbocycles. The van der Waals surface area contributed by atoms with Gasteiger partial charge in [-0.2, -0.15) is 0 Å². The van der Waals surface area contributed by atoms with Gasteiger partial charge < -0.3 is 4.42 Å². The average molecular weight is 811 g/mol. The Morgan fingerprint density at radius 2 is 0.686 bits per heavy atom. The van der Waals surface area contributed by atoms with Gasteiger partial charge in [-0.15, -0.1) is 0 Å². The van der Waals surface area contributed by atoms with E-state index in [1.165, 1.54) is 0 Å². The quantitative estimate of drug-likeness (QED) is 0.264. The van der Waals surface area contributed by atoms with Crippen molar-refractivity contribution in [2.75, 3.05) is 0 Å². The fourth-order valence-corrected chi connectivity index (χ4v) is 7.05. The fraction of sp³-hybridized carbons (Fsp3) is 0.348. The summed E-state index contributed by atoms with van der Waals surface area (Å²) < 4.78 is 8.95. The molecule has 1 aromatic heterocycles. The van der Waals surface area contributed by atoms with Crippen LogP contribution in [0.5, 0.6) is 0 Å². The molecule has 5 rings (SSSR count). The standard InChI is InChI=1S/C46H50Br2O3/c1-43(2,3)33-23-29(24-34(41(33)49)44(4,5)6)39(27-13-17-31(47)18-14-27)37-21-22-38(51-37)40(28-15-19-32(48)20-16-28)30-25-35(45(7,8)9)42(50)36(26-30)46(10,11)12/h13-26H,1-12H3. The lowest BCUT2D eigenvalue weighted by Gasteiger charge is -2.32. The van der Waals surface area contributed by atoms with E-state index >= 15 is 0 Å². The Morgan fingerprint density at radius 1 is 0.431 bits per heavy atom. The number of benzene rings is 2. The number of ketones is 2. The Bertz CT molecular complexity index is 1850. The second kappa shape index (κ2) is 13.8. The first-order valence-electron chi connectivity index (χ1n) is 17.6. The van der Waals surface area contributed by atoms with E-state index in [0.717, 1.165) is 64.7 Å². The number of allylic oxidation sites excluding steroid dienone is 10. The van der Waals surface area contributed by atoms with Crippen molar-refractivity contribution in [2.45, 2.75) is 83.1 Å². The number of halogens is 2. The van der Waals surface area contributed by atoms with Gasteiger partial charge in [0.2, 0.25) is 0 Å². The second-order valence-electron chi connectivity index (χ2n) is 17.7. The highest BCUT2D eigenvalue weighted by Crippen LogP contribution is 2.45. The SMILES string of the molecule is CC(C)(C)C1=CC(=C(c2ccc(Br)cc2)c2ccc(C(=C3C=C(C(C)(C)C)C(=O)C(C(C)(C)C)=C3)c3ccc(Br)cc3)o2)C=C(C(C)(C)C)C1=O. The largest absolute Gasteiger partial charge is 0.456 e. The first kappa shape index (κ1) is 38.7. The van der Waals surface area contributed by atoms with Gasteiger partial charge in [-0.1, -0.05) is 139 Å². The van der Waals surface area contributed by atoms with E-state index in [9.17, 15) is 9.59 Å². The molecular weight excluding hydrogens is 760 g/mol. The highest BCUT2D eigenvalue weighted by atomic mass is 79.9. The molecule has 1 heterocycles. The number of hydrogen-bond acceptors (Lipinski definition) is 3. The van der Waals surface area contributed by atoms with Crippen molar-refractivity contribution in [3.05, 3.63) is 150 Å². The molecule has 3 nitrogen and oxygen atoms in total. The van der Waals surface area contributed by atoms with Crippen molar-refractivity contribution in [3.63, 3.8) is 0 Å². The Morgan fingerprint density at radius 3 is 0.922 bits per heavy atom. The lowest BCUT2D eigenvalue weighted by atomic mass is 9.71. The number of rotatable bonds is 4. The van der Waals surface area contributed by atoms with Crippen LogP contribution in [0.3, 0.4) is 0 Å². The number of hydrogen-bond donors (Lipinski definition) is 0. The van der Waals surface area contributed by atoms with Crippen LogP contribution < -0.4 is 0 Å². The van der Waals surface area contributed by atoms with E-state index in [2.05, 4.69) is 164 Å². The van der Waals surface area contributed by atoms with Crippen LogP contribution >= 0.6 is 31.9 Å². The topological polar surface area (TPSA) is 47.3 Å². The van der Waals surface area contributed by atoms with Crippen molar-refractivity contribution in [3.8, 4) is 0 Å². The Balaban J connectivity index is 1.87. The third-order valence-electron chi connectivity index (χ3n) is 9.35. The molecule has 0 amide bonds. The van der Waals surface area contributed by atoms with Crippen LogP contribution in [-0.4, -0.2) is 11.6 Å². The molecule has 0 unspecified atom stereocenters. The molecule has 0 radical (unpaired) electrons. The van der Waals surface area contributed by atoms with E-state index in [1.54, 1.807) is 0 Å². The molecule has 5 heteroatoms. The summed E-state index contributed by atoms with van der Waals surface area (Å²) in [6, 6.07) is 20.5. The molecule has 266 valence electrons. The van der Waals surface area contributed by atoms with Gasteiger partial charge in [-0.3, -0.25) is 9.59 Å². The van der Waals surface area contributed by atoms with Crippen LogP contribution in [0.4, 0.5) is 0 Å². The molecule has 0 atom stereocenters. The Kier molecular flexibility index (Phi) is 10.5. The van der Waals surface area contributed by atoms with Crippen molar-refractivity contribution in [1.29, 1.82) is 0 Å². The van der Waals surface area contributed by atoms with Crippen LogP contribution in [0.25, 0.3) is 11.1 Å². The van der Waals surface area contributed by atoms with E-state index in [-0.39, 0.29) is 33.2 Å². The summed E-state index contributed by atoms with van der Waals surface area (Å²) in [7, 11) is 0. The zero-order chi connectivity index (χ0) is 37.8. The normalized spacial score (nSPS) is 16.1. The summed E-state index contributed by atoms with van der Waals surface area (Å²) >= 11 is 7.23. The average Bonchev–Trinajstić information content (AvgIpc) is 3.47. The molecule has 3 aromatic rings. The molecule has 0 aliphatic heterocycles. The first-order chi connectivity index (χ1) is 23.5. The second-order valence-corrected chi connectivity index (χ2v) is 19.6. The predicted octanol–water partition coefficient (Wildman–Crippen LogP) is 13.5. The fourth-order valence-electron chi connectivity index (χ4n) is 6.52. The van der Waals surface area contributed by atoms with Crippen LogP contribution in [0.2, 0.25) is 0 Å². The minimum absolute atomic E-state index is 0.0889. The summed E-state index contributed by atoms with van der Waals surface area (Å²) in [6.45, 7) is 25.1. The molecule has 0 saturated carbocycles. The Hall–Kier alpha value is -3.54. The molecule has 2 aliphatic carbocycles. The van der Waals surface area contributed by atoms with Crippen LogP contribution in [0.15, 0.2) is 132 Å². The lowest BCUT2D eigenvalue weighted by Crippen LogP contribution is -2.28. The number of carbonyl (C=O) groups is 2. The van der Waals surface area contributed by atoms with Crippen LogP contribution in [0.1, 0.15) is 106 Å². The van der Waals surface area contributed by atoms with Gasteiger partial charge in [0.25, 0.3) is 0 Å². The molecule has 51 heavy (non-hydrogen) atoms. The molecule has 0 N–H and O–H groups in total. The maximum absolute atomic E-state index is 13.9. The summed E-state index contributed by atoms with van der Waals surface area (Å²) in [4.78, 5) is 27.9. The van der Waals surface area contributed by atoms with Crippen LogP contribution in [-0.2, 0) is 9.59 Å². The van der Waals surface area contributed by atoms with E-state index in [1.807, 2.05) is 36.4 Å². The van der Waals surface area contributed by atoms with E-state index in [0.29, 0.717) is 11.5 Å². The highest BCUT2D eigenvalue weighted by molar-refractivity contribution is 9.10. The summed E-state index contributed by atoms with van der Waals surface area (Å²) in [5.74, 6) is 1.55. The summed E-state index contributed by atoms with van der Waals surface area (Å²) in [5.41, 5.74) is 7.26. The number of furan rings is 1. The third-order valence-corrected chi connectivity index (χ3v) is 10.4. The monoisotopic (exact) mass is 808 g/mol. The molecular formula is C46H50Br2O3. The first-order valence-corrected chi connectivity index (χ1v) is 19.1. The smallest absolute Gasteiger partial charge is 0.186 e. The summed E-state index contributed by atoms with van der Waals surface area (Å²) in [5, 5.41) is 0. The molecule has 0 spiro atoms. The predicted molar refractivity (Wildman–Crippen MR) is 219 cm³/mol. The lowest BCUT2D eigenvalue weighted by molar-refractivity contribution is -0.114. The minimum atomic E-state index is -0.363. The summed E-state index contributed by atoms with van der Waals surface area (Å²) in [6.07, 6.45) is 8.20. The molecule has 0 bridgehead atoms. The molecule has 0 saturated heterocycles. The number of Topliss-reactive ketones (excluding diaryl/α,β-unsaturated/α-hetero) is 2. The van der Waals surface area contributed by atoms with Gasteiger partial charge in [-0.25, -0.2) is 0 Å². The number of carbonyl (C=O) groups excluding carboxylic acids is 2. The molecule has 2 aliphatic rings.